The smallest absolute Gasteiger partial charge is 0.116 e. The third-order valence-corrected chi connectivity index (χ3v) is 2.70. The molecule has 4 N–H and O–H groups in total. The minimum Gasteiger partial charge on any atom is -0.508 e. The summed E-state index contributed by atoms with van der Waals surface area (Å²) >= 11 is 5.87. The van der Waals surface area contributed by atoms with Crippen molar-refractivity contribution in [3.63, 3.8) is 0 Å². The molecule has 0 aliphatic carbocycles. The topological polar surface area (TPSA) is 72.7 Å². The second kappa shape index (κ2) is 6.06. The third-order valence-electron chi connectivity index (χ3n) is 2.35. The first-order chi connectivity index (χ1) is 7.56. The number of hydrogen-bond acceptors (Lipinski definition) is 4. The maximum absolute atomic E-state index is 9.85. The Morgan fingerprint density at radius 2 is 2.06 bits per heavy atom. The molecule has 0 heterocycles. The number of phenolic OH excluding ortho intramolecular Hbond substituents is 1. The Bertz CT molecular complexity index is 346. The highest BCUT2D eigenvalue weighted by atomic mass is 35.5. The Labute approximate surface area is 99.5 Å². The summed E-state index contributed by atoms with van der Waals surface area (Å²) in [4.78, 5) is 0. The lowest BCUT2D eigenvalue weighted by molar-refractivity contribution is 0.0140. The zero-order valence-electron chi connectivity index (χ0n) is 9.02. The number of aliphatic hydroxyl groups excluding tert-OH is 2. The first kappa shape index (κ1) is 13.3. The fourth-order valence-corrected chi connectivity index (χ4v) is 1.64. The molecule has 0 aromatic heterocycles. The fraction of sp³-hybridized carbons (Fsp3) is 0.455. The molecule has 2 unspecified atom stereocenters. The number of nitrogens with one attached hydrogen (secondary N) is 1. The maximum atomic E-state index is 9.85. The quantitative estimate of drug-likeness (QED) is 0.626. The van der Waals surface area contributed by atoms with Crippen LogP contribution < -0.4 is 5.32 Å². The van der Waals surface area contributed by atoms with E-state index in [1.54, 1.807) is 7.05 Å². The van der Waals surface area contributed by atoms with Gasteiger partial charge >= 0.3 is 0 Å². The number of aliphatic hydroxyl groups is 2. The zero-order valence-corrected chi connectivity index (χ0v) is 9.78. The average Bonchev–Trinajstić information content (AvgIpc) is 2.28. The summed E-state index contributed by atoms with van der Waals surface area (Å²) in [6, 6.07) is 4.27. The van der Waals surface area contributed by atoms with Crippen molar-refractivity contribution in [2.24, 2.45) is 0 Å². The van der Waals surface area contributed by atoms with Gasteiger partial charge in [-0.2, -0.15) is 0 Å². The summed E-state index contributed by atoms with van der Waals surface area (Å²) in [5, 5.41) is 32.0. The molecule has 4 nitrogen and oxygen atoms in total. The SMILES string of the molecule is CNCCC(O)C(O)c1cc(O)ccc1Cl. The summed E-state index contributed by atoms with van der Waals surface area (Å²) in [5.41, 5.74) is 0.338. The van der Waals surface area contributed by atoms with E-state index in [4.69, 9.17) is 11.6 Å². The molecule has 0 spiro atoms. The Balaban J connectivity index is 2.78. The van der Waals surface area contributed by atoms with Gasteiger partial charge in [-0.05, 0) is 38.2 Å². The van der Waals surface area contributed by atoms with Crippen molar-refractivity contribution in [1.82, 2.24) is 5.32 Å². The van der Waals surface area contributed by atoms with Crippen LogP contribution in [0, 0.1) is 0 Å². The number of hydrogen-bond donors (Lipinski definition) is 4. The maximum Gasteiger partial charge on any atom is 0.116 e. The zero-order chi connectivity index (χ0) is 12.1. The second-order valence-corrected chi connectivity index (χ2v) is 4.02. The molecular weight excluding hydrogens is 230 g/mol. The number of aromatic hydroxyl groups is 1. The molecule has 2 atom stereocenters. The van der Waals surface area contributed by atoms with E-state index in [0.29, 0.717) is 23.6 Å². The van der Waals surface area contributed by atoms with Crippen molar-refractivity contribution in [2.75, 3.05) is 13.6 Å². The van der Waals surface area contributed by atoms with Crippen molar-refractivity contribution in [3.05, 3.63) is 28.8 Å². The average molecular weight is 246 g/mol. The molecule has 0 saturated carbocycles. The summed E-state index contributed by atoms with van der Waals surface area (Å²) in [6.45, 7) is 0.592. The van der Waals surface area contributed by atoms with Crippen LogP contribution in [0.1, 0.15) is 18.1 Å². The van der Waals surface area contributed by atoms with Crippen LogP contribution in [0.15, 0.2) is 18.2 Å². The molecule has 1 aromatic carbocycles. The summed E-state index contributed by atoms with van der Waals surface area (Å²) in [7, 11) is 1.76. The molecule has 0 amide bonds. The van der Waals surface area contributed by atoms with Gasteiger partial charge in [-0.1, -0.05) is 11.6 Å². The molecule has 0 aliphatic heterocycles. The number of phenols is 1. The van der Waals surface area contributed by atoms with E-state index in [2.05, 4.69) is 5.32 Å². The van der Waals surface area contributed by atoms with Crippen LogP contribution in [0.3, 0.4) is 0 Å². The van der Waals surface area contributed by atoms with Gasteiger partial charge in [-0.3, -0.25) is 0 Å². The molecule has 5 heteroatoms. The van der Waals surface area contributed by atoms with Crippen molar-refractivity contribution in [1.29, 1.82) is 0 Å². The van der Waals surface area contributed by atoms with Crippen molar-refractivity contribution < 1.29 is 15.3 Å². The first-order valence-corrected chi connectivity index (χ1v) is 5.43. The van der Waals surface area contributed by atoms with E-state index in [9.17, 15) is 15.3 Å². The molecule has 0 radical (unpaired) electrons. The predicted molar refractivity (Wildman–Crippen MR) is 62.6 cm³/mol. The fourth-order valence-electron chi connectivity index (χ4n) is 1.42. The van der Waals surface area contributed by atoms with E-state index >= 15 is 0 Å². The van der Waals surface area contributed by atoms with E-state index < -0.39 is 12.2 Å². The molecule has 1 aromatic rings. The Hall–Kier alpha value is -0.810. The van der Waals surface area contributed by atoms with Gasteiger partial charge in [0.2, 0.25) is 0 Å². The van der Waals surface area contributed by atoms with Gasteiger partial charge in [0, 0.05) is 10.6 Å². The van der Waals surface area contributed by atoms with E-state index in [1.807, 2.05) is 0 Å². The molecule has 1 rings (SSSR count). The molecule has 90 valence electrons. The summed E-state index contributed by atoms with van der Waals surface area (Å²) in [6.07, 6.45) is -1.59. The highest BCUT2D eigenvalue weighted by molar-refractivity contribution is 6.31. The standard InChI is InChI=1S/C11H16ClNO3/c1-13-5-4-10(15)11(16)8-6-7(14)2-3-9(8)12/h2-3,6,10-11,13-16H,4-5H2,1H3. The van der Waals surface area contributed by atoms with Crippen LogP contribution in [-0.2, 0) is 0 Å². The molecule has 0 saturated heterocycles. The molecular formula is C11H16ClNO3. The van der Waals surface area contributed by atoms with E-state index in [0.717, 1.165) is 0 Å². The number of benzene rings is 1. The normalized spacial score (nSPS) is 14.8. The van der Waals surface area contributed by atoms with Crippen LogP contribution >= 0.6 is 11.6 Å². The lowest BCUT2D eigenvalue weighted by atomic mass is 10.0. The van der Waals surface area contributed by atoms with Crippen molar-refractivity contribution in [3.8, 4) is 5.75 Å². The number of rotatable bonds is 5. The minimum atomic E-state index is -1.09. The van der Waals surface area contributed by atoms with Gasteiger partial charge < -0.3 is 20.6 Å². The van der Waals surface area contributed by atoms with E-state index in [1.165, 1.54) is 18.2 Å². The van der Waals surface area contributed by atoms with Gasteiger partial charge in [-0.25, -0.2) is 0 Å². The molecule has 0 aliphatic rings. The van der Waals surface area contributed by atoms with Crippen molar-refractivity contribution >= 4 is 11.6 Å². The highest BCUT2D eigenvalue weighted by Gasteiger charge is 2.20. The first-order valence-electron chi connectivity index (χ1n) is 5.05. The number of halogens is 1. The van der Waals surface area contributed by atoms with Crippen LogP contribution in [0.2, 0.25) is 5.02 Å². The molecule has 0 bridgehead atoms. The molecule has 16 heavy (non-hydrogen) atoms. The molecule has 0 fully saturated rings. The lowest BCUT2D eigenvalue weighted by Gasteiger charge is -2.19. The Kier molecular flexibility index (Phi) is 5.02. The minimum absolute atomic E-state index is 0.0132. The van der Waals surface area contributed by atoms with Gasteiger partial charge in [0.05, 0.1) is 6.10 Å². The Morgan fingerprint density at radius 3 is 2.69 bits per heavy atom. The van der Waals surface area contributed by atoms with E-state index in [-0.39, 0.29) is 5.75 Å². The van der Waals surface area contributed by atoms with Crippen molar-refractivity contribution in [2.45, 2.75) is 18.6 Å². The lowest BCUT2D eigenvalue weighted by Crippen LogP contribution is -2.23. The summed E-state index contributed by atoms with van der Waals surface area (Å²) in [5.74, 6) is 0.0132. The van der Waals surface area contributed by atoms with Gasteiger partial charge in [0.15, 0.2) is 0 Å². The second-order valence-electron chi connectivity index (χ2n) is 3.61. The monoisotopic (exact) mass is 245 g/mol. The van der Waals surface area contributed by atoms with Crippen LogP contribution in [0.25, 0.3) is 0 Å². The van der Waals surface area contributed by atoms with Crippen LogP contribution in [0.5, 0.6) is 5.75 Å². The highest BCUT2D eigenvalue weighted by Crippen LogP contribution is 2.29. The Morgan fingerprint density at radius 1 is 1.38 bits per heavy atom. The van der Waals surface area contributed by atoms with Crippen LogP contribution in [0.4, 0.5) is 0 Å². The summed E-state index contributed by atoms with van der Waals surface area (Å²) < 4.78 is 0. The largest absolute Gasteiger partial charge is 0.508 e. The van der Waals surface area contributed by atoms with Gasteiger partial charge in [0.25, 0.3) is 0 Å². The van der Waals surface area contributed by atoms with Gasteiger partial charge in [0.1, 0.15) is 11.9 Å². The predicted octanol–water partition coefficient (Wildman–Crippen LogP) is 1.05. The van der Waals surface area contributed by atoms with Gasteiger partial charge in [-0.15, -0.1) is 0 Å². The van der Waals surface area contributed by atoms with Crippen LogP contribution in [-0.4, -0.2) is 35.0 Å². The third kappa shape index (κ3) is 3.35.